The minimum atomic E-state index is -1.14. The van der Waals surface area contributed by atoms with Crippen LogP contribution in [0, 0.1) is 11.3 Å². The number of carboxylic acid groups (broad SMARTS) is 1. The number of nitrogens with zero attached hydrogens (tertiary/aromatic N) is 1. The first-order valence-electron chi connectivity index (χ1n) is 5.93. The summed E-state index contributed by atoms with van der Waals surface area (Å²) in [6, 6.07) is 11.0. The normalized spacial score (nSPS) is 9.71. The van der Waals surface area contributed by atoms with E-state index in [1.54, 1.807) is 18.2 Å². The average molecular weight is 284 g/mol. The van der Waals surface area contributed by atoms with E-state index < -0.39 is 5.97 Å². The van der Waals surface area contributed by atoms with E-state index in [1.807, 2.05) is 6.07 Å². The van der Waals surface area contributed by atoms with Crippen LogP contribution in [0.3, 0.4) is 0 Å². The van der Waals surface area contributed by atoms with Gasteiger partial charge in [0.2, 0.25) is 0 Å². The number of ether oxygens (including phenoxy) is 2. The summed E-state index contributed by atoms with van der Waals surface area (Å²) in [7, 11) is 1.48. The Morgan fingerprint density at radius 3 is 2.52 bits per heavy atom. The van der Waals surface area contributed by atoms with Crippen LogP contribution in [0.25, 0.3) is 0 Å². The standard InChI is InChI=1S/C15H12N2O4/c1-20-11-4-9(8-16)5-12(6-11)21-10-2-3-14(17)13(7-10)15(18)19/h2-7H,17H2,1H3,(H,18,19). The molecule has 0 spiro atoms. The van der Waals surface area contributed by atoms with Crippen molar-refractivity contribution in [1.29, 1.82) is 5.26 Å². The third-order valence-corrected chi connectivity index (χ3v) is 2.74. The molecule has 0 radical (unpaired) electrons. The van der Waals surface area contributed by atoms with Gasteiger partial charge in [0.1, 0.15) is 17.2 Å². The first kappa shape index (κ1) is 14.2. The number of anilines is 1. The van der Waals surface area contributed by atoms with Crippen molar-refractivity contribution in [3.05, 3.63) is 47.5 Å². The van der Waals surface area contributed by atoms with Crippen LogP contribution < -0.4 is 15.2 Å². The van der Waals surface area contributed by atoms with Crippen LogP contribution in [0.1, 0.15) is 15.9 Å². The van der Waals surface area contributed by atoms with Gasteiger partial charge in [-0.3, -0.25) is 0 Å². The molecular weight excluding hydrogens is 272 g/mol. The van der Waals surface area contributed by atoms with Crippen LogP contribution in [-0.4, -0.2) is 18.2 Å². The van der Waals surface area contributed by atoms with Crippen LogP contribution in [0.5, 0.6) is 17.2 Å². The second kappa shape index (κ2) is 5.84. The van der Waals surface area contributed by atoms with Gasteiger partial charge < -0.3 is 20.3 Å². The van der Waals surface area contributed by atoms with Crippen LogP contribution in [0.2, 0.25) is 0 Å². The number of nitriles is 1. The van der Waals surface area contributed by atoms with Crippen molar-refractivity contribution in [3.63, 3.8) is 0 Å². The number of rotatable bonds is 4. The molecule has 6 nitrogen and oxygen atoms in total. The van der Waals surface area contributed by atoms with Crippen LogP contribution in [0.15, 0.2) is 36.4 Å². The molecule has 0 unspecified atom stereocenters. The molecule has 0 atom stereocenters. The van der Waals surface area contributed by atoms with Crippen molar-refractivity contribution < 1.29 is 19.4 Å². The summed E-state index contributed by atoms with van der Waals surface area (Å²) in [6.07, 6.45) is 0. The third-order valence-electron chi connectivity index (χ3n) is 2.74. The van der Waals surface area contributed by atoms with Gasteiger partial charge >= 0.3 is 5.97 Å². The molecule has 3 N–H and O–H groups in total. The van der Waals surface area contributed by atoms with Gasteiger partial charge in [-0.2, -0.15) is 5.26 Å². The number of benzene rings is 2. The van der Waals surface area contributed by atoms with Gasteiger partial charge in [-0.15, -0.1) is 0 Å². The number of hydrogen-bond donors (Lipinski definition) is 2. The predicted octanol–water partition coefficient (Wildman–Crippen LogP) is 2.64. The molecule has 106 valence electrons. The Balaban J connectivity index is 2.36. The molecule has 21 heavy (non-hydrogen) atoms. The van der Waals surface area contributed by atoms with E-state index in [0.717, 1.165) is 0 Å². The lowest BCUT2D eigenvalue weighted by Gasteiger charge is -2.09. The number of carboxylic acids is 1. The molecule has 0 heterocycles. The van der Waals surface area contributed by atoms with Crippen molar-refractivity contribution in [2.24, 2.45) is 0 Å². The number of nitrogen functional groups attached to an aromatic ring is 1. The van der Waals surface area contributed by atoms with Gasteiger partial charge in [0.15, 0.2) is 0 Å². The van der Waals surface area contributed by atoms with Crippen molar-refractivity contribution >= 4 is 11.7 Å². The predicted molar refractivity (Wildman–Crippen MR) is 75.6 cm³/mol. The topological polar surface area (TPSA) is 106 Å². The van der Waals surface area contributed by atoms with E-state index in [1.165, 1.54) is 25.3 Å². The fourth-order valence-electron chi connectivity index (χ4n) is 1.73. The molecule has 0 fully saturated rings. The quantitative estimate of drug-likeness (QED) is 0.836. The highest BCUT2D eigenvalue weighted by atomic mass is 16.5. The van der Waals surface area contributed by atoms with Gasteiger partial charge in [0.05, 0.1) is 24.3 Å². The Morgan fingerprint density at radius 2 is 1.90 bits per heavy atom. The molecule has 0 aromatic heterocycles. The minimum Gasteiger partial charge on any atom is -0.497 e. The zero-order chi connectivity index (χ0) is 15.4. The fourth-order valence-corrected chi connectivity index (χ4v) is 1.73. The molecule has 0 aliphatic carbocycles. The molecule has 2 aromatic rings. The molecular formula is C15H12N2O4. The number of aromatic carboxylic acids is 1. The Hall–Kier alpha value is -3.20. The van der Waals surface area contributed by atoms with E-state index in [-0.39, 0.29) is 11.3 Å². The van der Waals surface area contributed by atoms with Gasteiger partial charge in [-0.25, -0.2) is 4.79 Å². The molecule has 2 aromatic carbocycles. The highest BCUT2D eigenvalue weighted by molar-refractivity contribution is 5.94. The summed E-state index contributed by atoms with van der Waals surface area (Å²) in [6.45, 7) is 0. The smallest absolute Gasteiger partial charge is 0.337 e. The maximum absolute atomic E-state index is 11.0. The SMILES string of the molecule is COc1cc(C#N)cc(Oc2ccc(N)c(C(=O)O)c2)c1. The zero-order valence-corrected chi connectivity index (χ0v) is 11.2. The van der Waals surface area contributed by atoms with E-state index in [9.17, 15) is 4.79 Å². The van der Waals surface area contributed by atoms with Crippen LogP contribution in [0.4, 0.5) is 5.69 Å². The summed E-state index contributed by atoms with van der Waals surface area (Å²) < 4.78 is 10.6. The van der Waals surface area contributed by atoms with Crippen molar-refractivity contribution in [2.75, 3.05) is 12.8 Å². The van der Waals surface area contributed by atoms with Gasteiger partial charge in [-0.1, -0.05) is 0 Å². The molecule has 0 amide bonds. The minimum absolute atomic E-state index is 0.0455. The van der Waals surface area contributed by atoms with Crippen molar-refractivity contribution in [3.8, 4) is 23.3 Å². The second-order valence-corrected chi connectivity index (χ2v) is 4.17. The molecule has 0 aliphatic heterocycles. The summed E-state index contributed by atoms with van der Waals surface area (Å²) in [5.74, 6) is 0.00464. The van der Waals surface area contributed by atoms with Crippen molar-refractivity contribution in [1.82, 2.24) is 0 Å². The Kier molecular flexibility index (Phi) is 3.95. The highest BCUT2D eigenvalue weighted by Gasteiger charge is 2.10. The van der Waals surface area contributed by atoms with Crippen molar-refractivity contribution in [2.45, 2.75) is 0 Å². The zero-order valence-electron chi connectivity index (χ0n) is 11.2. The first-order valence-corrected chi connectivity index (χ1v) is 5.93. The first-order chi connectivity index (χ1) is 10.0. The Morgan fingerprint density at radius 1 is 1.19 bits per heavy atom. The number of nitrogens with two attached hydrogens (primary N) is 1. The molecule has 0 aliphatic rings. The molecule has 2 rings (SSSR count). The van der Waals surface area contributed by atoms with Gasteiger partial charge in [-0.05, 0) is 30.3 Å². The van der Waals surface area contributed by atoms with E-state index in [0.29, 0.717) is 22.8 Å². The largest absolute Gasteiger partial charge is 0.497 e. The Labute approximate surface area is 120 Å². The highest BCUT2D eigenvalue weighted by Crippen LogP contribution is 2.29. The lowest BCUT2D eigenvalue weighted by molar-refractivity contribution is 0.0697. The lowest BCUT2D eigenvalue weighted by Crippen LogP contribution is -2.02. The average Bonchev–Trinajstić information content (AvgIpc) is 2.48. The molecule has 0 saturated heterocycles. The lowest BCUT2D eigenvalue weighted by atomic mass is 10.1. The number of hydrogen-bond acceptors (Lipinski definition) is 5. The summed E-state index contributed by atoms with van der Waals surface area (Å²) in [5, 5.41) is 18.0. The monoisotopic (exact) mass is 284 g/mol. The Bertz CT molecular complexity index is 735. The van der Waals surface area contributed by atoms with E-state index >= 15 is 0 Å². The van der Waals surface area contributed by atoms with E-state index in [4.69, 9.17) is 25.6 Å². The maximum atomic E-state index is 11.0. The van der Waals surface area contributed by atoms with Crippen LogP contribution >= 0.6 is 0 Å². The van der Waals surface area contributed by atoms with Gasteiger partial charge in [0, 0.05) is 11.8 Å². The molecule has 0 saturated carbocycles. The fraction of sp³-hybridized carbons (Fsp3) is 0.0667. The summed E-state index contributed by atoms with van der Waals surface area (Å²) in [4.78, 5) is 11.0. The third kappa shape index (κ3) is 3.22. The molecule has 0 bridgehead atoms. The van der Waals surface area contributed by atoms with Gasteiger partial charge in [0.25, 0.3) is 0 Å². The summed E-state index contributed by atoms with van der Waals surface area (Å²) >= 11 is 0. The van der Waals surface area contributed by atoms with Crippen LogP contribution in [-0.2, 0) is 0 Å². The van der Waals surface area contributed by atoms with E-state index in [2.05, 4.69) is 0 Å². The number of carbonyl (C=O) groups is 1. The molecule has 6 heteroatoms. The number of methoxy groups -OCH3 is 1. The second-order valence-electron chi connectivity index (χ2n) is 4.17. The summed E-state index contributed by atoms with van der Waals surface area (Å²) in [5.41, 5.74) is 6.05. The maximum Gasteiger partial charge on any atom is 0.337 e.